The van der Waals surface area contributed by atoms with Gasteiger partial charge in [-0.1, -0.05) is 0 Å². The van der Waals surface area contributed by atoms with Crippen molar-refractivity contribution in [2.24, 2.45) is 5.92 Å². The van der Waals surface area contributed by atoms with Crippen LogP contribution in [0.2, 0.25) is 0 Å². The zero-order valence-electron chi connectivity index (χ0n) is 17.2. The lowest BCUT2D eigenvalue weighted by atomic mass is 9.39. The predicted molar refractivity (Wildman–Crippen MR) is 93.5 cm³/mol. The predicted octanol–water partition coefficient (Wildman–Crippen LogP) is 3.08. The van der Waals surface area contributed by atoms with Gasteiger partial charge in [-0.25, -0.2) is 0 Å². The molecule has 14 heteroatoms. The highest BCUT2D eigenvalue weighted by Gasteiger charge is 2.72. The molecule has 1 aromatic heterocycles. The van der Waals surface area contributed by atoms with Gasteiger partial charge in [0.05, 0.1) is 24.2 Å². The molecule has 5 fully saturated rings. The summed E-state index contributed by atoms with van der Waals surface area (Å²) in [5.41, 5.74) is -0.721. The highest BCUT2D eigenvalue weighted by Crippen LogP contribution is 2.67. The van der Waals surface area contributed by atoms with E-state index in [-0.39, 0.29) is 48.1 Å². The molecule has 5 saturated carbocycles. The molecule has 8 nitrogen and oxygen atoms in total. The van der Waals surface area contributed by atoms with Crippen molar-refractivity contribution in [2.75, 3.05) is 13.2 Å². The molecule has 0 radical (unpaired) electrons. The van der Waals surface area contributed by atoms with Crippen LogP contribution in [0, 0.1) is 5.92 Å². The summed E-state index contributed by atoms with van der Waals surface area (Å²) in [5.74, 6) is -0.146. The van der Waals surface area contributed by atoms with Crippen molar-refractivity contribution in [2.45, 2.75) is 80.3 Å². The molecule has 1 aromatic rings. The van der Waals surface area contributed by atoms with Gasteiger partial charge in [0.2, 0.25) is 17.7 Å². The van der Waals surface area contributed by atoms with E-state index in [0.29, 0.717) is 37.5 Å². The first kappa shape index (κ1) is 22.8. The van der Waals surface area contributed by atoms with Crippen LogP contribution in [0.4, 0.5) is 26.3 Å². The maximum atomic E-state index is 12.2. The van der Waals surface area contributed by atoms with Crippen LogP contribution in [0.3, 0.4) is 0 Å². The highest BCUT2D eigenvalue weighted by molar-refractivity contribution is 5.79. The SMILES string of the molecule is O=C(CO[C@H]1C[C@@H](OC(F)(F)F)C1)NC12CC(c3nnc([C@@H]4CC4COC(F)(F)F)o3)(C1)C2. The fourth-order valence-corrected chi connectivity index (χ4v) is 5.15. The summed E-state index contributed by atoms with van der Waals surface area (Å²) in [5, 5.41) is 10.9. The summed E-state index contributed by atoms with van der Waals surface area (Å²) >= 11 is 0. The van der Waals surface area contributed by atoms with E-state index in [0.717, 1.165) is 0 Å². The number of hydrogen-bond acceptors (Lipinski definition) is 7. The van der Waals surface area contributed by atoms with Crippen LogP contribution in [0.5, 0.6) is 0 Å². The molecule has 1 unspecified atom stereocenters. The third-order valence-corrected chi connectivity index (χ3v) is 6.83. The average molecular weight is 485 g/mol. The van der Waals surface area contributed by atoms with Gasteiger partial charge in [-0.3, -0.25) is 14.3 Å². The Morgan fingerprint density at radius 2 is 1.73 bits per heavy atom. The van der Waals surface area contributed by atoms with Crippen molar-refractivity contribution >= 4 is 5.91 Å². The molecule has 6 rings (SSSR count). The van der Waals surface area contributed by atoms with Gasteiger partial charge in [-0.15, -0.1) is 36.5 Å². The minimum Gasteiger partial charge on any atom is -0.424 e. The minimum atomic E-state index is -4.67. The topological polar surface area (TPSA) is 95.7 Å². The Morgan fingerprint density at radius 3 is 2.36 bits per heavy atom. The highest BCUT2D eigenvalue weighted by atomic mass is 19.4. The third-order valence-electron chi connectivity index (χ3n) is 6.83. The van der Waals surface area contributed by atoms with Gasteiger partial charge in [-0.2, -0.15) is 0 Å². The Kier molecular flexibility index (Phi) is 5.22. The Balaban J connectivity index is 1.01. The van der Waals surface area contributed by atoms with Crippen molar-refractivity contribution in [1.82, 2.24) is 15.5 Å². The van der Waals surface area contributed by atoms with E-state index in [2.05, 4.69) is 25.0 Å². The number of halogens is 6. The van der Waals surface area contributed by atoms with E-state index in [1.807, 2.05) is 0 Å². The van der Waals surface area contributed by atoms with Crippen LogP contribution in [0.25, 0.3) is 0 Å². The standard InChI is InChI=1S/C19H21F6N3O5/c20-18(21,22)31-4-9-1-12(9)14-27-28-15(32-14)16-6-17(7-16,8-16)26-13(29)5-30-10-2-11(3-10)33-19(23,24)25/h9-12H,1-8H2,(H,26,29)/t9?,10-,11+,12-,16?,17?/m1/s1. The van der Waals surface area contributed by atoms with Crippen LogP contribution in [0.1, 0.15) is 56.2 Å². The van der Waals surface area contributed by atoms with Crippen molar-refractivity contribution in [3.8, 4) is 0 Å². The first-order chi connectivity index (χ1) is 15.3. The number of aromatic nitrogens is 2. The molecule has 0 aliphatic heterocycles. The Bertz CT molecular complexity index is 893. The molecule has 5 aliphatic carbocycles. The number of amides is 1. The summed E-state index contributed by atoms with van der Waals surface area (Å²) in [6.45, 7) is -0.684. The van der Waals surface area contributed by atoms with E-state index in [1.54, 1.807) is 0 Å². The van der Waals surface area contributed by atoms with Crippen LogP contribution in [0.15, 0.2) is 4.42 Å². The molecule has 0 spiro atoms. The first-order valence-corrected chi connectivity index (χ1v) is 10.6. The van der Waals surface area contributed by atoms with Crippen molar-refractivity contribution in [3.63, 3.8) is 0 Å². The average Bonchev–Trinajstić information content (AvgIpc) is 3.22. The molecule has 0 saturated heterocycles. The molecule has 0 aromatic carbocycles. The van der Waals surface area contributed by atoms with E-state index in [1.165, 1.54) is 0 Å². The molecule has 184 valence electrons. The number of hydrogen-bond donors (Lipinski definition) is 1. The monoisotopic (exact) mass is 485 g/mol. The number of rotatable bonds is 9. The maximum Gasteiger partial charge on any atom is 0.522 e. The number of carbonyl (C=O) groups is 1. The van der Waals surface area contributed by atoms with Crippen molar-refractivity contribution < 1.29 is 49.8 Å². The van der Waals surface area contributed by atoms with Gasteiger partial charge in [0, 0.05) is 24.3 Å². The summed E-state index contributed by atoms with van der Waals surface area (Å²) in [7, 11) is 0. The minimum absolute atomic E-state index is 0.0880. The van der Waals surface area contributed by atoms with Gasteiger partial charge in [0.25, 0.3) is 0 Å². The van der Waals surface area contributed by atoms with Crippen LogP contribution >= 0.6 is 0 Å². The van der Waals surface area contributed by atoms with Gasteiger partial charge in [0.1, 0.15) is 6.61 Å². The molecule has 2 bridgehead atoms. The molecular weight excluding hydrogens is 464 g/mol. The Labute approximate surface area is 183 Å². The van der Waals surface area contributed by atoms with Crippen LogP contribution in [-0.4, -0.2) is 59.8 Å². The smallest absolute Gasteiger partial charge is 0.424 e. The normalized spacial score (nSPS) is 37.0. The second-order valence-electron chi connectivity index (χ2n) is 9.53. The number of nitrogens with one attached hydrogen (secondary N) is 1. The zero-order valence-corrected chi connectivity index (χ0v) is 17.2. The van der Waals surface area contributed by atoms with Gasteiger partial charge >= 0.3 is 12.7 Å². The van der Waals surface area contributed by atoms with Crippen molar-refractivity contribution in [1.29, 1.82) is 0 Å². The van der Waals surface area contributed by atoms with E-state index in [9.17, 15) is 31.1 Å². The zero-order chi connectivity index (χ0) is 23.6. The quantitative estimate of drug-likeness (QED) is 0.537. The fraction of sp³-hybridized carbons (Fsp3) is 0.842. The van der Waals surface area contributed by atoms with Crippen molar-refractivity contribution in [3.05, 3.63) is 11.8 Å². The molecule has 1 N–H and O–H groups in total. The molecule has 2 atom stereocenters. The largest absolute Gasteiger partial charge is 0.522 e. The number of carbonyl (C=O) groups excluding carboxylic acids is 1. The molecular formula is C19H21F6N3O5. The molecule has 5 aliphatic rings. The lowest BCUT2D eigenvalue weighted by Crippen LogP contribution is -2.77. The summed E-state index contributed by atoms with van der Waals surface area (Å²) in [4.78, 5) is 12.2. The lowest BCUT2D eigenvalue weighted by molar-refractivity contribution is -0.357. The van der Waals surface area contributed by atoms with Gasteiger partial charge in [0.15, 0.2) is 0 Å². The number of nitrogens with zero attached hydrogens (tertiary/aromatic N) is 2. The summed E-state index contributed by atoms with van der Waals surface area (Å²) < 4.78 is 91.5. The maximum absolute atomic E-state index is 12.2. The van der Waals surface area contributed by atoms with Gasteiger partial charge in [-0.05, 0) is 31.6 Å². The van der Waals surface area contributed by atoms with Gasteiger partial charge < -0.3 is 14.5 Å². The summed E-state index contributed by atoms with van der Waals surface area (Å²) in [6, 6.07) is 0. The van der Waals surface area contributed by atoms with Crippen LogP contribution < -0.4 is 5.32 Å². The Morgan fingerprint density at radius 1 is 1.03 bits per heavy atom. The third kappa shape index (κ3) is 4.83. The van der Waals surface area contributed by atoms with E-state index in [4.69, 9.17) is 9.15 Å². The second kappa shape index (κ2) is 7.54. The first-order valence-electron chi connectivity index (χ1n) is 10.6. The van der Waals surface area contributed by atoms with E-state index >= 15 is 0 Å². The second-order valence-corrected chi connectivity index (χ2v) is 9.53. The fourth-order valence-electron chi connectivity index (χ4n) is 5.15. The molecule has 1 heterocycles. The lowest BCUT2D eigenvalue weighted by Gasteiger charge is -2.68. The molecule has 1 amide bonds. The molecule has 33 heavy (non-hydrogen) atoms. The van der Waals surface area contributed by atoms with E-state index < -0.39 is 31.5 Å². The number of alkyl halides is 6. The van der Waals surface area contributed by atoms with Crippen LogP contribution in [-0.2, 0) is 24.4 Å². The Hall–Kier alpha value is -1.93. The number of ether oxygens (including phenoxy) is 3. The summed E-state index contributed by atoms with van der Waals surface area (Å²) in [6.07, 6.45) is -8.23.